The van der Waals surface area contributed by atoms with E-state index in [1.165, 1.54) is 6.33 Å². The first kappa shape index (κ1) is 26.2. The number of carbonyl (C=O) groups is 1. The van der Waals surface area contributed by atoms with Gasteiger partial charge in [-0.3, -0.25) is 4.79 Å². The summed E-state index contributed by atoms with van der Waals surface area (Å²) in [6.45, 7) is 6.70. The quantitative estimate of drug-likeness (QED) is 0.436. The van der Waals surface area contributed by atoms with Crippen LogP contribution < -0.4 is 15.0 Å². The van der Waals surface area contributed by atoms with Crippen LogP contribution in [0.15, 0.2) is 42.9 Å². The second kappa shape index (κ2) is 11.0. The zero-order valence-electron chi connectivity index (χ0n) is 21.3. The first-order valence-electron chi connectivity index (χ1n) is 11.9. The minimum atomic E-state index is -0.606. The number of halogens is 1. The Bertz CT molecular complexity index is 1320. The number of aromatic nitrogens is 3. The molecule has 1 aliphatic rings. The summed E-state index contributed by atoms with van der Waals surface area (Å²) in [4.78, 5) is 28.2. The molecular weight excluding hydrogens is 492 g/mol. The molecule has 0 bridgehead atoms. The molecule has 1 N–H and O–H groups in total. The van der Waals surface area contributed by atoms with Crippen LogP contribution in [0.5, 0.6) is 5.88 Å². The van der Waals surface area contributed by atoms with Gasteiger partial charge in [-0.25, -0.2) is 15.0 Å². The van der Waals surface area contributed by atoms with E-state index >= 15 is 0 Å². The molecule has 4 rings (SSSR count). The second-order valence-corrected chi connectivity index (χ2v) is 10.2. The fourth-order valence-corrected chi connectivity index (χ4v) is 4.40. The smallest absolute Gasteiger partial charge is 0.308 e. The Labute approximate surface area is 221 Å². The van der Waals surface area contributed by atoms with Gasteiger partial charge in [0.2, 0.25) is 5.88 Å². The molecule has 0 saturated heterocycles. The van der Waals surface area contributed by atoms with Crippen LogP contribution in [0.2, 0.25) is 5.02 Å². The maximum absolute atomic E-state index is 12.8. The molecule has 3 aromatic rings. The molecule has 1 atom stereocenters. The molecule has 0 saturated carbocycles. The van der Waals surface area contributed by atoms with Crippen molar-refractivity contribution in [1.82, 2.24) is 15.0 Å². The van der Waals surface area contributed by atoms with Crippen LogP contribution >= 0.6 is 11.6 Å². The van der Waals surface area contributed by atoms with Crippen molar-refractivity contribution in [3.63, 3.8) is 0 Å². The van der Waals surface area contributed by atoms with Gasteiger partial charge in [0.15, 0.2) is 0 Å². The number of pyridine rings is 1. The lowest BCUT2D eigenvalue weighted by Crippen LogP contribution is -2.33. The highest BCUT2D eigenvalue weighted by atomic mass is 35.5. The van der Waals surface area contributed by atoms with Gasteiger partial charge in [-0.05, 0) is 44.5 Å². The predicted molar refractivity (Wildman–Crippen MR) is 141 cm³/mol. The van der Waals surface area contributed by atoms with E-state index in [0.29, 0.717) is 41.8 Å². The molecule has 37 heavy (non-hydrogen) atoms. The number of esters is 1. The Kier molecular flexibility index (Phi) is 7.79. The zero-order valence-corrected chi connectivity index (χ0v) is 22.0. The zero-order chi connectivity index (χ0) is 26.6. The van der Waals surface area contributed by atoms with Crippen molar-refractivity contribution in [2.45, 2.75) is 51.8 Å². The van der Waals surface area contributed by atoms with E-state index in [-0.39, 0.29) is 12.4 Å². The largest absolute Gasteiger partial charge is 0.481 e. The van der Waals surface area contributed by atoms with Crippen molar-refractivity contribution in [3.8, 4) is 11.9 Å². The van der Waals surface area contributed by atoms with Crippen LogP contribution in [-0.4, -0.2) is 40.2 Å². The van der Waals surface area contributed by atoms with Gasteiger partial charge >= 0.3 is 5.97 Å². The molecule has 0 spiro atoms. The van der Waals surface area contributed by atoms with Gasteiger partial charge in [0.1, 0.15) is 23.8 Å². The summed E-state index contributed by atoms with van der Waals surface area (Å²) < 4.78 is 10.8. The van der Waals surface area contributed by atoms with Crippen LogP contribution in [0.3, 0.4) is 0 Å². The van der Waals surface area contributed by atoms with E-state index in [4.69, 9.17) is 21.1 Å². The highest BCUT2D eigenvalue weighted by Crippen LogP contribution is 2.32. The molecule has 0 fully saturated rings. The third kappa shape index (κ3) is 6.46. The van der Waals surface area contributed by atoms with Gasteiger partial charge in [-0.2, -0.15) is 5.26 Å². The number of hydrogen-bond acceptors (Lipinski definition) is 9. The molecule has 1 aliphatic heterocycles. The molecule has 192 valence electrons. The minimum Gasteiger partial charge on any atom is -0.481 e. The Morgan fingerprint density at radius 2 is 2.05 bits per heavy atom. The number of benzene rings is 1. The topological polar surface area (TPSA) is 113 Å². The van der Waals surface area contributed by atoms with Crippen LogP contribution in [-0.2, 0) is 22.5 Å². The molecule has 0 aliphatic carbocycles. The van der Waals surface area contributed by atoms with Crippen molar-refractivity contribution >= 4 is 29.1 Å². The molecular formula is C27H29ClN6O3. The number of rotatable bonds is 7. The molecule has 3 heterocycles. The molecule has 10 heteroatoms. The number of ether oxygens (including phenoxy) is 2. The van der Waals surface area contributed by atoms with Crippen molar-refractivity contribution in [1.29, 1.82) is 5.26 Å². The van der Waals surface area contributed by atoms with Crippen LogP contribution in [0, 0.1) is 11.3 Å². The number of nitrogens with zero attached hydrogens (tertiary/aromatic N) is 5. The average molecular weight is 521 g/mol. The normalized spacial score (nSPS) is 13.8. The summed E-state index contributed by atoms with van der Waals surface area (Å²) >= 11 is 6.11. The number of anilines is 2. The molecule has 0 unspecified atom stereocenters. The molecule has 0 radical (unpaired) electrons. The Hall–Kier alpha value is -3.90. The number of nitrogens with one attached hydrogen (secondary N) is 1. The van der Waals surface area contributed by atoms with Gasteiger partial charge in [-0.1, -0.05) is 17.7 Å². The van der Waals surface area contributed by atoms with Crippen molar-refractivity contribution in [3.05, 3.63) is 70.3 Å². The molecule has 2 aromatic heterocycles. The summed E-state index contributed by atoms with van der Waals surface area (Å²) in [5, 5.41) is 13.6. The number of methoxy groups -OCH3 is 1. The van der Waals surface area contributed by atoms with Crippen LogP contribution in [0.25, 0.3) is 0 Å². The SMILES string of the molecule is COc1ccc([C@@H](CC(=O)OC(C)(C)C)Nc2ncnc3c2CN(c2ccc(Cl)cc2C#N)CC3)cn1. The van der Waals surface area contributed by atoms with Crippen molar-refractivity contribution in [2.75, 3.05) is 23.9 Å². The fourth-order valence-electron chi connectivity index (χ4n) is 4.23. The highest BCUT2D eigenvalue weighted by molar-refractivity contribution is 6.30. The van der Waals surface area contributed by atoms with Crippen LogP contribution in [0.4, 0.5) is 11.5 Å². The van der Waals surface area contributed by atoms with E-state index in [0.717, 1.165) is 22.5 Å². The van der Waals surface area contributed by atoms with E-state index in [2.05, 4.69) is 31.2 Å². The summed E-state index contributed by atoms with van der Waals surface area (Å²) in [5.41, 5.74) is 3.32. The number of carbonyl (C=O) groups excluding carboxylic acids is 1. The molecule has 1 aromatic carbocycles. The van der Waals surface area contributed by atoms with E-state index in [9.17, 15) is 10.1 Å². The lowest BCUT2D eigenvalue weighted by atomic mass is 10.0. The van der Waals surface area contributed by atoms with Gasteiger partial charge < -0.3 is 19.7 Å². The van der Waals surface area contributed by atoms with E-state index in [1.807, 2.05) is 32.9 Å². The first-order valence-corrected chi connectivity index (χ1v) is 12.3. The monoisotopic (exact) mass is 520 g/mol. The van der Waals surface area contributed by atoms with Crippen molar-refractivity contribution < 1.29 is 14.3 Å². The van der Waals surface area contributed by atoms with Gasteiger partial charge in [0.25, 0.3) is 0 Å². The minimum absolute atomic E-state index is 0.0730. The maximum Gasteiger partial charge on any atom is 0.308 e. The van der Waals surface area contributed by atoms with Gasteiger partial charge in [-0.15, -0.1) is 0 Å². The van der Waals surface area contributed by atoms with Gasteiger partial charge in [0.05, 0.1) is 36.5 Å². The number of hydrogen-bond donors (Lipinski definition) is 1. The fraction of sp³-hybridized carbons (Fsp3) is 0.370. The Morgan fingerprint density at radius 1 is 1.24 bits per heavy atom. The molecule has 0 amide bonds. The lowest BCUT2D eigenvalue weighted by Gasteiger charge is -2.32. The molecule has 9 nitrogen and oxygen atoms in total. The highest BCUT2D eigenvalue weighted by Gasteiger charge is 2.27. The van der Waals surface area contributed by atoms with Crippen LogP contribution in [0.1, 0.15) is 55.6 Å². The average Bonchev–Trinajstić information content (AvgIpc) is 2.87. The maximum atomic E-state index is 12.8. The summed E-state index contributed by atoms with van der Waals surface area (Å²) in [7, 11) is 1.55. The Morgan fingerprint density at radius 3 is 2.73 bits per heavy atom. The van der Waals surface area contributed by atoms with E-state index < -0.39 is 11.6 Å². The van der Waals surface area contributed by atoms with Crippen molar-refractivity contribution in [2.24, 2.45) is 0 Å². The third-order valence-corrected chi connectivity index (χ3v) is 6.13. The summed E-state index contributed by atoms with van der Waals surface area (Å²) in [6.07, 6.45) is 3.95. The summed E-state index contributed by atoms with van der Waals surface area (Å²) in [6, 6.07) is 10.7. The Balaban J connectivity index is 1.64. The van der Waals surface area contributed by atoms with E-state index in [1.54, 1.807) is 31.5 Å². The lowest BCUT2D eigenvalue weighted by molar-refractivity contribution is -0.155. The number of fused-ring (bicyclic) bond motifs is 1. The standard InChI is InChI=1S/C27H29ClN6O3/c1-27(2,3)37-25(35)12-22(17-5-8-24(36-4)30-14-17)33-26-20-15-34(10-9-21(20)31-16-32-26)23-7-6-19(28)11-18(23)13-29/h5-8,11,14,16,22H,9-10,12,15H2,1-4H3,(H,31,32,33)/t22-/m1/s1. The second-order valence-electron chi connectivity index (χ2n) is 9.71. The first-order chi connectivity index (χ1) is 17.7. The predicted octanol–water partition coefficient (Wildman–Crippen LogP) is 4.85. The summed E-state index contributed by atoms with van der Waals surface area (Å²) in [5.74, 6) is 0.753. The number of nitriles is 1. The van der Waals surface area contributed by atoms with Gasteiger partial charge in [0, 0.05) is 42.4 Å². The third-order valence-electron chi connectivity index (χ3n) is 5.89.